The fourth-order valence-corrected chi connectivity index (χ4v) is 7.00. The van der Waals surface area contributed by atoms with Crippen molar-refractivity contribution in [2.75, 3.05) is 41.2 Å². The summed E-state index contributed by atoms with van der Waals surface area (Å²) >= 11 is 0. The molecule has 382 valence electrons. The van der Waals surface area contributed by atoms with Gasteiger partial charge in [-0.3, -0.25) is 14.4 Å². The van der Waals surface area contributed by atoms with Crippen LogP contribution in [0.4, 0.5) is 0 Å². The Labute approximate surface area is 405 Å². The Bertz CT molecular complexity index is 2500. The molecule has 2 heterocycles. The lowest BCUT2D eigenvalue weighted by Crippen LogP contribution is -2.63. The molecule has 3 aromatic rings. The van der Waals surface area contributed by atoms with Crippen molar-refractivity contribution in [1.82, 2.24) is 0 Å². The molecule has 0 radical (unpaired) electrons. The van der Waals surface area contributed by atoms with E-state index in [0.717, 1.165) is 18.2 Å². The standard InChI is InChI=1S/C48H52O23/c1-25(51)64-31-13-7-28(19-34(31)60-4)10-16-39(54)63-23-38-45(68-40(55)17-11-29-8-14-32(65-26(2)52)35(20-29)61-5)46(48(24-50,70-38)71-47-44(59)43(58)42(57)37(22-49)67-47)69-41(56)18-12-30-9-15-33(66-27(3)53)36(21-30)62-6/h7-21,37-38,42-47,49-50,57-59H,22-24H2,1-6H3/b16-10+,17-11+,18-12+/t37-,38-,42-,43+,44-,45-,46+,47-,48+/m1/s1. The third-order valence-electron chi connectivity index (χ3n) is 10.3. The number of aliphatic hydroxyl groups excluding tert-OH is 5. The molecule has 0 bridgehead atoms. The first-order valence-electron chi connectivity index (χ1n) is 21.3. The number of benzene rings is 3. The highest BCUT2D eigenvalue weighted by molar-refractivity contribution is 5.89. The normalized spacial score (nSPS) is 24.0. The molecule has 9 atom stereocenters. The van der Waals surface area contributed by atoms with Crippen LogP contribution in [0.1, 0.15) is 37.5 Å². The maximum Gasteiger partial charge on any atom is 0.331 e. The van der Waals surface area contributed by atoms with E-state index in [-0.39, 0.29) is 34.5 Å². The van der Waals surface area contributed by atoms with Crippen molar-refractivity contribution in [3.8, 4) is 34.5 Å². The van der Waals surface area contributed by atoms with Gasteiger partial charge in [0.2, 0.25) is 5.79 Å². The third-order valence-corrected chi connectivity index (χ3v) is 10.3. The molecular formula is C48H52O23. The Hall–Kier alpha value is -7.22. The van der Waals surface area contributed by atoms with Gasteiger partial charge in [-0.05, 0) is 71.3 Å². The fourth-order valence-electron chi connectivity index (χ4n) is 7.00. The second-order valence-electron chi connectivity index (χ2n) is 15.3. The van der Waals surface area contributed by atoms with Crippen molar-refractivity contribution in [3.05, 3.63) is 89.5 Å². The van der Waals surface area contributed by atoms with Crippen LogP contribution in [0.2, 0.25) is 0 Å². The molecule has 5 N–H and O–H groups in total. The van der Waals surface area contributed by atoms with Crippen molar-refractivity contribution in [2.45, 2.75) is 75.6 Å². The van der Waals surface area contributed by atoms with Crippen LogP contribution in [0.5, 0.6) is 34.5 Å². The summed E-state index contributed by atoms with van der Waals surface area (Å²) in [5, 5.41) is 53.0. The van der Waals surface area contributed by atoms with E-state index >= 15 is 0 Å². The Morgan fingerprint density at radius 2 is 1.01 bits per heavy atom. The smallest absolute Gasteiger partial charge is 0.331 e. The monoisotopic (exact) mass is 996 g/mol. The Balaban J connectivity index is 1.52. The van der Waals surface area contributed by atoms with Crippen LogP contribution in [-0.2, 0) is 57.2 Å². The summed E-state index contributed by atoms with van der Waals surface area (Å²) in [6, 6.07) is 13.0. The molecule has 3 aromatic carbocycles. The van der Waals surface area contributed by atoms with Gasteiger partial charge in [0.25, 0.3) is 0 Å². The average molecular weight is 997 g/mol. The molecule has 2 aliphatic rings. The summed E-state index contributed by atoms with van der Waals surface area (Å²) in [5.41, 5.74) is 1.07. The van der Waals surface area contributed by atoms with Crippen LogP contribution in [-0.4, -0.2) is 157 Å². The highest BCUT2D eigenvalue weighted by atomic mass is 16.8. The van der Waals surface area contributed by atoms with Crippen LogP contribution >= 0.6 is 0 Å². The Morgan fingerprint density at radius 1 is 0.577 bits per heavy atom. The van der Waals surface area contributed by atoms with Crippen LogP contribution in [0.3, 0.4) is 0 Å². The maximum atomic E-state index is 13.8. The van der Waals surface area contributed by atoms with Gasteiger partial charge in [0.1, 0.15) is 43.7 Å². The molecule has 71 heavy (non-hydrogen) atoms. The Morgan fingerprint density at radius 3 is 1.42 bits per heavy atom. The molecule has 0 aromatic heterocycles. The number of rotatable bonds is 20. The van der Waals surface area contributed by atoms with Crippen molar-refractivity contribution in [3.63, 3.8) is 0 Å². The summed E-state index contributed by atoms with van der Waals surface area (Å²) in [6.07, 6.45) is -8.43. The minimum atomic E-state index is -2.71. The van der Waals surface area contributed by atoms with Crippen LogP contribution < -0.4 is 28.4 Å². The lowest BCUT2D eigenvalue weighted by molar-refractivity contribution is -0.383. The summed E-state index contributed by atoms with van der Waals surface area (Å²) in [6.45, 7) is 0.595. The van der Waals surface area contributed by atoms with Gasteiger partial charge in [0, 0.05) is 39.0 Å². The predicted molar refractivity (Wildman–Crippen MR) is 240 cm³/mol. The molecule has 0 unspecified atom stereocenters. The second-order valence-corrected chi connectivity index (χ2v) is 15.3. The number of esters is 6. The van der Waals surface area contributed by atoms with Crippen molar-refractivity contribution >= 4 is 54.0 Å². The fraction of sp³-hybridized carbons (Fsp3) is 0.375. The van der Waals surface area contributed by atoms with Crippen molar-refractivity contribution in [1.29, 1.82) is 0 Å². The third kappa shape index (κ3) is 14.4. The largest absolute Gasteiger partial charge is 0.493 e. The number of ether oxygens (including phenoxy) is 12. The number of carbonyl (C=O) groups is 6. The maximum absolute atomic E-state index is 13.8. The van der Waals surface area contributed by atoms with E-state index in [4.69, 9.17) is 56.8 Å². The second kappa shape index (κ2) is 25.1. The van der Waals surface area contributed by atoms with Crippen LogP contribution in [0.15, 0.2) is 72.8 Å². The van der Waals surface area contributed by atoms with Gasteiger partial charge in [0.15, 0.2) is 53.0 Å². The van der Waals surface area contributed by atoms with Gasteiger partial charge < -0.3 is 82.4 Å². The number of carbonyl (C=O) groups excluding carboxylic acids is 6. The van der Waals surface area contributed by atoms with E-state index in [1.807, 2.05) is 0 Å². The van der Waals surface area contributed by atoms with Gasteiger partial charge in [0.05, 0.1) is 27.9 Å². The lowest BCUT2D eigenvalue weighted by Gasteiger charge is -2.43. The molecule has 23 nitrogen and oxygen atoms in total. The number of aliphatic hydroxyl groups is 5. The average Bonchev–Trinajstić information content (AvgIpc) is 3.61. The molecule has 23 heteroatoms. The summed E-state index contributed by atoms with van der Waals surface area (Å²) in [5.74, 6) is -7.18. The van der Waals surface area contributed by atoms with Gasteiger partial charge in [-0.15, -0.1) is 0 Å². The van der Waals surface area contributed by atoms with E-state index in [1.54, 1.807) is 0 Å². The van der Waals surface area contributed by atoms with E-state index in [0.29, 0.717) is 16.7 Å². The summed E-state index contributed by atoms with van der Waals surface area (Å²) < 4.78 is 65.9. The molecule has 0 amide bonds. The van der Waals surface area contributed by atoms with Gasteiger partial charge in [-0.1, -0.05) is 18.2 Å². The minimum Gasteiger partial charge on any atom is -0.493 e. The summed E-state index contributed by atoms with van der Waals surface area (Å²) in [7, 11) is 3.98. The predicted octanol–water partition coefficient (Wildman–Crippen LogP) is 1.20. The molecule has 2 saturated heterocycles. The number of methoxy groups -OCH3 is 3. The lowest BCUT2D eigenvalue weighted by atomic mass is 9.99. The van der Waals surface area contributed by atoms with Gasteiger partial charge in [-0.25, -0.2) is 14.4 Å². The molecular weight excluding hydrogens is 945 g/mol. The van der Waals surface area contributed by atoms with E-state index in [1.165, 1.54) is 115 Å². The highest BCUT2D eigenvalue weighted by Gasteiger charge is 2.63. The van der Waals surface area contributed by atoms with Crippen molar-refractivity contribution in [2.24, 2.45) is 0 Å². The van der Waals surface area contributed by atoms with E-state index < -0.39 is 110 Å². The molecule has 0 saturated carbocycles. The SMILES string of the molecule is COc1cc(/C=C/C(=O)OC[C@H]2O[C@@](CO)(O[C@H]3O[C@H](CO)[C@@H](O)[C@H](O)[C@H]3O)[C@@H](OC(=O)/C=C/c3ccc(OC(C)=O)c(OC)c3)[C@@H]2OC(=O)/C=C/c2ccc(OC(C)=O)c(OC)c2)ccc1OC(C)=O. The molecule has 5 rings (SSSR count). The van der Waals surface area contributed by atoms with E-state index in [9.17, 15) is 54.3 Å². The van der Waals surface area contributed by atoms with Crippen LogP contribution in [0.25, 0.3) is 18.2 Å². The quantitative estimate of drug-likeness (QED) is 0.0460. The van der Waals surface area contributed by atoms with Gasteiger partial charge >= 0.3 is 35.8 Å². The summed E-state index contributed by atoms with van der Waals surface area (Å²) in [4.78, 5) is 75.4. The molecule has 2 aliphatic heterocycles. The van der Waals surface area contributed by atoms with Crippen molar-refractivity contribution < 1.29 is 111 Å². The zero-order valence-corrected chi connectivity index (χ0v) is 39.0. The first-order valence-corrected chi connectivity index (χ1v) is 21.3. The topological polar surface area (TPSA) is 314 Å². The van der Waals surface area contributed by atoms with E-state index in [2.05, 4.69) is 0 Å². The van der Waals surface area contributed by atoms with Gasteiger partial charge in [-0.2, -0.15) is 0 Å². The minimum absolute atomic E-state index is 0.0788. The van der Waals surface area contributed by atoms with Crippen LogP contribution in [0, 0.1) is 0 Å². The molecule has 0 aliphatic carbocycles. The molecule has 2 fully saturated rings. The zero-order valence-electron chi connectivity index (χ0n) is 39.0. The Kier molecular flexibility index (Phi) is 19.3. The number of hydrogen-bond acceptors (Lipinski definition) is 23. The molecule has 0 spiro atoms. The highest BCUT2D eigenvalue weighted by Crippen LogP contribution is 2.40. The number of hydrogen-bond donors (Lipinski definition) is 5. The first kappa shape index (κ1) is 54.7. The zero-order chi connectivity index (χ0) is 52.0. The first-order chi connectivity index (χ1) is 33.8.